The van der Waals surface area contributed by atoms with E-state index in [1.165, 1.54) is 28.5 Å². The van der Waals surface area contributed by atoms with Gasteiger partial charge in [-0.05, 0) is 33.7 Å². The van der Waals surface area contributed by atoms with Gasteiger partial charge in [0.25, 0.3) is 0 Å². The fourth-order valence-corrected chi connectivity index (χ4v) is 2.28. The summed E-state index contributed by atoms with van der Waals surface area (Å²) in [5.41, 5.74) is 0.839. The number of amides is 1. The Morgan fingerprint density at radius 2 is 1.56 bits per heavy atom. The van der Waals surface area contributed by atoms with Gasteiger partial charge in [0.05, 0.1) is 0 Å². The molecule has 0 spiro atoms. The van der Waals surface area contributed by atoms with Gasteiger partial charge in [-0.25, -0.2) is 0 Å². The maximum atomic E-state index is 11.1. The SMILES string of the molecule is CC(=O)Nc1ccc2ccc3ccccc3c2c1. The van der Waals surface area contributed by atoms with E-state index in [4.69, 9.17) is 0 Å². The maximum Gasteiger partial charge on any atom is 0.221 e. The number of carbonyl (C=O) groups excluding carboxylic acids is 1. The monoisotopic (exact) mass is 235 g/mol. The zero-order valence-corrected chi connectivity index (χ0v) is 10.1. The van der Waals surface area contributed by atoms with Crippen molar-refractivity contribution in [2.45, 2.75) is 6.92 Å². The molecule has 0 atom stereocenters. The van der Waals surface area contributed by atoms with Crippen molar-refractivity contribution in [3.05, 3.63) is 54.6 Å². The van der Waals surface area contributed by atoms with Gasteiger partial charge in [-0.2, -0.15) is 0 Å². The molecule has 3 rings (SSSR count). The van der Waals surface area contributed by atoms with Crippen LogP contribution in [0, 0.1) is 0 Å². The largest absolute Gasteiger partial charge is 0.326 e. The minimum absolute atomic E-state index is 0.0467. The van der Waals surface area contributed by atoms with Crippen LogP contribution < -0.4 is 5.32 Å². The second-order valence-corrected chi connectivity index (χ2v) is 4.40. The summed E-state index contributed by atoms with van der Waals surface area (Å²) in [7, 11) is 0. The van der Waals surface area contributed by atoms with Crippen molar-refractivity contribution >= 4 is 33.1 Å². The quantitative estimate of drug-likeness (QED) is 0.636. The van der Waals surface area contributed by atoms with E-state index in [0.29, 0.717) is 0 Å². The first-order valence-electron chi connectivity index (χ1n) is 5.93. The van der Waals surface area contributed by atoms with Gasteiger partial charge < -0.3 is 5.32 Å². The van der Waals surface area contributed by atoms with E-state index in [-0.39, 0.29) is 5.91 Å². The summed E-state index contributed by atoms with van der Waals surface area (Å²) in [6.45, 7) is 1.52. The molecule has 3 aromatic carbocycles. The Labute approximate surface area is 105 Å². The van der Waals surface area contributed by atoms with Crippen molar-refractivity contribution in [2.75, 3.05) is 5.32 Å². The molecule has 0 saturated carbocycles. The van der Waals surface area contributed by atoms with Gasteiger partial charge in [-0.3, -0.25) is 4.79 Å². The fraction of sp³-hybridized carbons (Fsp3) is 0.0625. The average molecular weight is 235 g/mol. The Kier molecular flexibility index (Phi) is 2.49. The second kappa shape index (κ2) is 4.15. The third kappa shape index (κ3) is 1.82. The Hall–Kier alpha value is -2.35. The van der Waals surface area contributed by atoms with Gasteiger partial charge in [0.1, 0.15) is 0 Å². The molecule has 0 radical (unpaired) electrons. The number of nitrogens with one attached hydrogen (secondary N) is 1. The lowest BCUT2D eigenvalue weighted by Crippen LogP contribution is -2.05. The number of benzene rings is 3. The van der Waals surface area contributed by atoms with Crippen LogP contribution in [-0.4, -0.2) is 5.91 Å². The van der Waals surface area contributed by atoms with Gasteiger partial charge in [0.15, 0.2) is 0 Å². The molecule has 0 fully saturated rings. The molecule has 0 bridgehead atoms. The summed E-state index contributed by atoms with van der Waals surface area (Å²) >= 11 is 0. The third-order valence-corrected chi connectivity index (χ3v) is 3.07. The van der Waals surface area contributed by atoms with E-state index in [0.717, 1.165) is 5.69 Å². The van der Waals surface area contributed by atoms with Crippen LogP contribution >= 0.6 is 0 Å². The van der Waals surface area contributed by atoms with E-state index in [1.807, 2.05) is 30.3 Å². The Morgan fingerprint density at radius 1 is 0.889 bits per heavy atom. The average Bonchev–Trinajstić information content (AvgIpc) is 2.38. The molecule has 0 aliphatic rings. The molecule has 18 heavy (non-hydrogen) atoms. The van der Waals surface area contributed by atoms with Crippen molar-refractivity contribution in [1.29, 1.82) is 0 Å². The summed E-state index contributed by atoms with van der Waals surface area (Å²) in [4.78, 5) is 11.1. The highest BCUT2D eigenvalue weighted by Gasteiger charge is 2.02. The van der Waals surface area contributed by atoms with Crippen molar-refractivity contribution in [2.24, 2.45) is 0 Å². The van der Waals surface area contributed by atoms with Gasteiger partial charge >= 0.3 is 0 Å². The summed E-state index contributed by atoms with van der Waals surface area (Å²) in [6.07, 6.45) is 0. The van der Waals surface area contributed by atoms with Gasteiger partial charge in [0.2, 0.25) is 5.91 Å². The number of hydrogen-bond donors (Lipinski definition) is 1. The van der Waals surface area contributed by atoms with Gasteiger partial charge in [0, 0.05) is 12.6 Å². The Balaban J connectivity index is 2.29. The highest BCUT2D eigenvalue weighted by atomic mass is 16.1. The molecule has 1 amide bonds. The molecule has 0 aliphatic heterocycles. The minimum atomic E-state index is -0.0467. The molecule has 0 unspecified atom stereocenters. The van der Waals surface area contributed by atoms with E-state index >= 15 is 0 Å². The number of carbonyl (C=O) groups is 1. The van der Waals surface area contributed by atoms with Gasteiger partial charge in [-0.15, -0.1) is 0 Å². The topological polar surface area (TPSA) is 29.1 Å². The lowest BCUT2D eigenvalue weighted by Gasteiger charge is -2.07. The Morgan fingerprint density at radius 3 is 2.33 bits per heavy atom. The molecule has 0 aromatic heterocycles. The molecule has 0 aliphatic carbocycles. The zero-order chi connectivity index (χ0) is 12.5. The lowest BCUT2D eigenvalue weighted by atomic mass is 10.0. The van der Waals surface area contributed by atoms with Crippen molar-refractivity contribution in [3.63, 3.8) is 0 Å². The molecule has 2 heteroatoms. The van der Waals surface area contributed by atoms with Crippen LogP contribution in [0.4, 0.5) is 5.69 Å². The highest BCUT2D eigenvalue weighted by Crippen LogP contribution is 2.27. The summed E-state index contributed by atoms with van der Waals surface area (Å²) in [5, 5.41) is 7.60. The van der Waals surface area contributed by atoms with E-state index < -0.39 is 0 Å². The van der Waals surface area contributed by atoms with Crippen molar-refractivity contribution in [1.82, 2.24) is 0 Å². The van der Waals surface area contributed by atoms with E-state index in [1.54, 1.807) is 0 Å². The van der Waals surface area contributed by atoms with Crippen LogP contribution in [0.5, 0.6) is 0 Å². The van der Waals surface area contributed by atoms with Crippen LogP contribution in [0.15, 0.2) is 54.6 Å². The third-order valence-electron chi connectivity index (χ3n) is 3.07. The molecule has 0 saturated heterocycles. The van der Waals surface area contributed by atoms with Crippen molar-refractivity contribution < 1.29 is 4.79 Å². The standard InChI is InChI=1S/C16H13NO/c1-11(18)17-14-9-8-13-7-6-12-4-2-3-5-15(12)16(13)10-14/h2-10H,1H3,(H,17,18). The maximum absolute atomic E-state index is 11.1. The van der Waals surface area contributed by atoms with E-state index in [2.05, 4.69) is 29.6 Å². The predicted molar refractivity (Wildman–Crippen MR) is 75.8 cm³/mol. The van der Waals surface area contributed by atoms with Crippen LogP contribution in [0.2, 0.25) is 0 Å². The number of fused-ring (bicyclic) bond motifs is 3. The smallest absolute Gasteiger partial charge is 0.221 e. The summed E-state index contributed by atoms with van der Waals surface area (Å²) in [5.74, 6) is -0.0467. The molecular formula is C16H13NO. The molecule has 0 heterocycles. The molecular weight excluding hydrogens is 222 g/mol. The normalized spacial score (nSPS) is 10.7. The molecule has 1 N–H and O–H groups in total. The first-order valence-corrected chi connectivity index (χ1v) is 5.93. The Bertz CT molecular complexity index is 746. The number of rotatable bonds is 1. The summed E-state index contributed by atoms with van der Waals surface area (Å²) < 4.78 is 0. The molecule has 88 valence electrons. The summed E-state index contributed by atoms with van der Waals surface area (Å²) in [6, 6.07) is 18.5. The predicted octanol–water partition coefficient (Wildman–Crippen LogP) is 3.95. The first kappa shape index (κ1) is 10.8. The van der Waals surface area contributed by atoms with Crippen LogP contribution in [0.1, 0.15) is 6.92 Å². The van der Waals surface area contributed by atoms with Crippen molar-refractivity contribution in [3.8, 4) is 0 Å². The molecule has 3 aromatic rings. The van der Waals surface area contributed by atoms with Gasteiger partial charge in [-0.1, -0.05) is 42.5 Å². The number of hydrogen-bond acceptors (Lipinski definition) is 1. The second-order valence-electron chi connectivity index (χ2n) is 4.40. The minimum Gasteiger partial charge on any atom is -0.326 e. The first-order chi connectivity index (χ1) is 8.74. The van der Waals surface area contributed by atoms with Crippen LogP contribution in [0.25, 0.3) is 21.5 Å². The van der Waals surface area contributed by atoms with Crippen LogP contribution in [0.3, 0.4) is 0 Å². The van der Waals surface area contributed by atoms with E-state index in [9.17, 15) is 4.79 Å². The number of anilines is 1. The van der Waals surface area contributed by atoms with Crippen LogP contribution in [-0.2, 0) is 4.79 Å². The highest BCUT2D eigenvalue weighted by molar-refractivity contribution is 6.09. The molecule has 2 nitrogen and oxygen atoms in total. The zero-order valence-electron chi connectivity index (χ0n) is 10.1. The lowest BCUT2D eigenvalue weighted by molar-refractivity contribution is -0.114. The fourth-order valence-electron chi connectivity index (χ4n) is 2.28.